The second-order valence-electron chi connectivity index (χ2n) is 4.40. The minimum absolute atomic E-state index is 0.233. The molecule has 1 N–H and O–H groups in total. The predicted octanol–water partition coefficient (Wildman–Crippen LogP) is 1.06. The third kappa shape index (κ3) is 1.06. The van der Waals surface area contributed by atoms with E-state index in [0.29, 0.717) is 5.65 Å². The first-order valence-electron chi connectivity index (χ1n) is 5.71. The van der Waals surface area contributed by atoms with Crippen LogP contribution in [0.1, 0.15) is 17.5 Å². The first-order valence-corrected chi connectivity index (χ1v) is 5.71. The number of nitrogens with zero attached hydrogens (tertiary/aromatic N) is 3. The molecule has 0 saturated heterocycles. The fourth-order valence-electron chi connectivity index (χ4n) is 2.75. The van der Waals surface area contributed by atoms with Crippen LogP contribution in [0, 0.1) is 0 Å². The average Bonchev–Trinajstić information content (AvgIpc) is 2.96. The number of aromatic amines is 1. The van der Waals surface area contributed by atoms with Crippen molar-refractivity contribution in [1.29, 1.82) is 0 Å². The molecule has 5 heteroatoms. The molecular weight excluding hydrogens is 216 g/mol. The summed E-state index contributed by atoms with van der Waals surface area (Å²) in [6.07, 6.45) is 4.78. The summed E-state index contributed by atoms with van der Waals surface area (Å²) >= 11 is 0. The number of aryl methyl sites for hydroxylation is 2. The van der Waals surface area contributed by atoms with Gasteiger partial charge in [-0.05, 0) is 36.5 Å². The molecule has 1 aliphatic carbocycles. The van der Waals surface area contributed by atoms with E-state index in [9.17, 15) is 4.79 Å². The van der Waals surface area contributed by atoms with Gasteiger partial charge < -0.3 is 4.98 Å². The summed E-state index contributed by atoms with van der Waals surface area (Å²) < 4.78 is 1.33. The molecule has 0 bridgehead atoms. The number of aromatic nitrogens is 4. The molecule has 0 radical (unpaired) electrons. The van der Waals surface area contributed by atoms with Crippen molar-refractivity contribution >= 4 is 16.6 Å². The summed E-state index contributed by atoms with van der Waals surface area (Å²) in [4.78, 5) is 18.8. The molecule has 0 atom stereocenters. The van der Waals surface area contributed by atoms with Crippen molar-refractivity contribution in [1.82, 2.24) is 19.6 Å². The van der Waals surface area contributed by atoms with Gasteiger partial charge in [0.2, 0.25) is 0 Å². The van der Waals surface area contributed by atoms with Crippen LogP contribution in [0.4, 0.5) is 0 Å². The Bertz CT molecular complexity index is 799. The van der Waals surface area contributed by atoms with E-state index in [1.54, 1.807) is 0 Å². The molecule has 4 rings (SSSR count). The van der Waals surface area contributed by atoms with Crippen molar-refractivity contribution in [2.24, 2.45) is 0 Å². The van der Waals surface area contributed by atoms with E-state index in [4.69, 9.17) is 0 Å². The van der Waals surface area contributed by atoms with Gasteiger partial charge in [0.1, 0.15) is 6.33 Å². The van der Waals surface area contributed by atoms with E-state index < -0.39 is 0 Å². The lowest BCUT2D eigenvalue weighted by Gasteiger charge is -2.05. The maximum absolute atomic E-state index is 11.8. The van der Waals surface area contributed by atoms with Crippen LogP contribution < -0.4 is 5.69 Å². The lowest BCUT2D eigenvalue weighted by atomic mass is 10.1. The van der Waals surface area contributed by atoms with Gasteiger partial charge in [-0.1, -0.05) is 6.07 Å². The van der Waals surface area contributed by atoms with E-state index in [0.717, 1.165) is 23.7 Å². The molecule has 0 saturated carbocycles. The van der Waals surface area contributed by atoms with Crippen molar-refractivity contribution in [3.63, 3.8) is 0 Å². The Balaban J connectivity index is 2.34. The van der Waals surface area contributed by atoms with Crippen molar-refractivity contribution in [2.75, 3.05) is 0 Å². The van der Waals surface area contributed by atoms with Gasteiger partial charge in [0.25, 0.3) is 0 Å². The van der Waals surface area contributed by atoms with Crippen molar-refractivity contribution in [3.05, 3.63) is 40.1 Å². The predicted molar refractivity (Wildman–Crippen MR) is 63.1 cm³/mol. The number of hydrogen-bond acceptors (Lipinski definition) is 3. The second-order valence-corrected chi connectivity index (χ2v) is 4.40. The van der Waals surface area contributed by atoms with Gasteiger partial charge in [-0.15, -0.1) is 0 Å². The molecule has 2 aromatic heterocycles. The lowest BCUT2D eigenvalue weighted by Crippen LogP contribution is -2.17. The summed E-state index contributed by atoms with van der Waals surface area (Å²) in [6.45, 7) is 0. The highest BCUT2D eigenvalue weighted by Crippen LogP contribution is 2.30. The Kier molecular flexibility index (Phi) is 1.54. The first-order chi connectivity index (χ1) is 8.34. The van der Waals surface area contributed by atoms with Crippen LogP contribution in [0.3, 0.4) is 0 Å². The van der Waals surface area contributed by atoms with Gasteiger partial charge >= 0.3 is 5.69 Å². The summed E-state index contributed by atoms with van der Waals surface area (Å²) in [5.41, 5.74) is 3.98. The molecule has 1 aromatic carbocycles. The second kappa shape index (κ2) is 2.94. The van der Waals surface area contributed by atoms with Crippen molar-refractivity contribution in [2.45, 2.75) is 19.3 Å². The highest BCUT2D eigenvalue weighted by molar-refractivity contribution is 5.95. The van der Waals surface area contributed by atoms with Crippen molar-refractivity contribution < 1.29 is 0 Å². The standard InChI is InChI=1S/C12H10N4O/c17-12-15-9-5-4-7-2-1-3-8(7)10(9)11-13-6-14-16(11)12/h4-6H,1-3H2,(H,15,17). The largest absolute Gasteiger partial charge is 0.348 e. The van der Waals surface area contributed by atoms with Crippen LogP contribution in [-0.2, 0) is 12.8 Å². The average molecular weight is 226 g/mol. The molecule has 17 heavy (non-hydrogen) atoms. The highest BCUT2D eigenvalue weighted by atomic mass is 16.1. The van der Waals surface area contributed by atoms with Crippen LogP contribution in [0.5, 0.6) is 0 Å². The number of nitrogens with one attached hydrogen (secondary N) is 1. The lowest BCUT2D eigenvalue weighted by molar-refractivity contribution is 0.880. The van der Waals surface area contributed by atoms with E-state index in [2.05, 4.69) is 21.1 Å². The normalized spacial score (nSPS) is 14.6. The Morgan fingerprint density at radius 3 is 3.18 bits per heavy atom. The third-order valence-corrected chi connectivity index (χ3v) is 3.49. The number of H-pyrrole nitrogens is 1. The molecule has 1 aliphatic rings. The topological polar surface area (TPSA) is 63.0 Å². The monoisotopic (exact) mass is 226 g/mol. The zero-order valence-corrected chi connectivity index (χ0v) is 9.10. The Labute approximate surface area is 96.1 Å². The fraction of sp³-hybridized carbons (Fsp3) is 0.250. The minimum Gasteiger partial charge on any atom is -0.305 e. The molecule has 0 spiro atoms. The Morgan fingerprint density at radius 1 is 1.29 bits per heavy atom. The maximum Gasteiger partial charge on any atom is 0.348 e. The smallest absolute Gasteiger partial charge is 0.305 e. The number of benzene rings is 1. The summed E-state index contributed by atoms with van der Waals surface area (Å²) in [5.74, 6) is 0. The Morgan fingerprint density at radius 2 is 2.24 bits per heavy atom. The van der Waals surface area contributed by atoms with E-state index in [1.165, 1.54) is 28.4 Å². The molecule has 2 heterocycles. The molecule has 0 unspecified atom stereocenters. The zero-order valence-electron chi connectivity index (χ0n) is 9.10. The van der Waals surface area contributed by atoms with Gasteiger partial charge in [-0.2, -0.15) is 9.61 Å². The third-order valence-electron chi connectivity index (χ3n) is 3.49. The SMILES string of the molecule is O=c1[nH]c2ccc3c(c2c2ncnn12)CCC3. The fourth-order valence-corrected chi connectivity index (χ4v) is 2.75. The van der Waals surface area contributed by atoms with E-state index >= 15 is 0 Å². The molecule has 3 aromatic rings. The van der Waals surface area contributed by atoms with Crippen LogP contribution in [0.2, 0.25) is 0 Å². The molecule has 0 fully saturated rings. The minimum atomic E-state index is -0.233. The molecule has 0 amide bonds. The van der Waals surface area contributed by atoms with E-state index in [-0.39, 0.29) is 5.69 Å². The quantitative estimate of drug-likeness (QED) is 0.623. The van der Waals surface area contributed by atoms with Gasteiger partial charge in [0.15, 0.2) is 5.65 Å². The van der Waals surface area contributed by atoms with Crippen LogP contribution in [0.15, 0.2) is 23.3 Å². The van der Waals surface area contributed by atoms with Crippen LogP contribution in [-0.4, -0.2) is 19.6 Å². The van der Waals surface area contributed by atoms with Crippen LogP contribution in [0.25, 0.3) is 16.6 Å². The summed E-state index contributed by atoms with van der Waals surface area (Å²) in [7, 11) is 0. The van der Waals surface area contributed by atoms with E-state index in [1.807, 2.05) is 6.07 Å². The summed E-state index contributed by atoms with van der Waals surface area (Å²) in [5, 5.41) is 5.01. The molecule has 84 valence electrons. The first kappa shape index (κ1) is 8.92. The van der Waals surface area contributed by atoms with Gasteiger partial charge in [-0.25, -0.2) is 9.78 Å². The molecule has 5 nitrogen and oxygen atoms in total. The van der Waals surface area contributed by atoms with Crippen molar-refractivity contribution in [3.8, 4) is 0 Å². The summed E-state index contributed by atoms with van der Waals surface area (Å²) in [6, 6.07) is 4.07. The number of rotatable bonds is 0. The molecular formula is C12H10N4O. The number of hydrogen-bond donors (Lipinski definition) is 1. The number of fused-ring (bicyclic) bond motifs is 5. The zero-order chi connectivity index (χ0) is 11.4. The Hall–Kier alpha value is -2.17. The van der Waals surface area contributed by atoms with Gasteiger partial charge in [0.05, 0.1) is 5.52 Å². The van der Waals surface area contributed by atoms with Gasteiger partial charge in [0, 0.05) is 5.39 Å². The van der Waals surface area contributed by atoms with Gasteiger partial charge in [-0.3, -0.25) is 0 Å². The highest BCUT2D eigenvalue weighted by Gasteiger charge is 2.17. The maximum atomic E-state index is 11.8. The van der Waals surface area contributed by atoms with Crippen LogP contribution >= 0.6 is 0 Å². The molecule has 0 aliphatic heterocycles.